The molecule has 1 unspecified atom stereocenters. The zero-order chi connectivity index (χ0) is 11.4. The Morgan fingerprint density at radius 3 is 2.47 bits per heavy atom. The molecule has 3 nitrogen and oxygen atoms in total. The average molecular weight is 210 g/mol. The number of likely N-dealkylation sites (N-methyl/N-ethyl adjacent to an activating group) is 1. The van der Waals surface area contributed by atoms with Crippen LogP contribution in [0.15, 0.2) is 16.5 Å². The Bertz CT molecular complexity index is 294. The van der Waals surface area contributed by atoms with Crippen LogP contribution in [0.1, 0.15) is 38.3 Å². The Balaban J connectivity index is 2.82. The average Bonchev–Trinajstić information content (AvgIpc) is 2.67. The van der Waals surface area contributed by atoms with Gasteiger partial charge in [-0.15, -0.1) is 0 Å². The quantitative estimate of drug-likeness (QED) is 0.810. The van der Waals surface area contributed by atoms with Gasteiger partial charge in [0, 0.05) is 19.0 Å². The fraction of sp³-hybridized carbons (Fsp3) is 0.667. The molecule has 0 spiro atoms. The van der Waals surface area contributed by atoms with Gasteiger partial charge in [0.15, 0.2) is 0 Å². The van der Waals surface area contributed by atoms with E-state index >= 15 is 0 Å². The van der Waals surface area contributed by atoms with Gasteiger partial charge < -0.3 is 10.2 Å². The minimum absolute atomic E-state index is 0.185. The molecular weight excluding hydrogens is 188 g/mol. The van der Waals surface area contributed by atoms with Crippen molar-refractivity contribution in [2.75, 3.05) is 13.6 Å². The Labute approximate surface area is 92.2 Å². The summed E-state index contributed by atoms with van der Waals surface area (Å²) in [5, 5.41) is 0. The lowest BCUT2D eigenvalue weighted by molar-refractivity contribution is 0.177. The maximum atomic E-state index is 5.79. The molecule has 0 saturated heterocycles. The van der Waals surface area contributed by atoms with Crippen molar-refractivity contribution in [2.45, 2.75) is 39.3 Å². The summed E-state index contributed by atoms with van der Waals surface area (Å²) in [6.45, 7) is 7.00. The lowest BCUT2D eigenvalue weighted by Crippen LogP contribution is -2.35. The van der Waals surface area contributed by atoms with E-state index in [1.807, 2.05) is 12.1 Å². The fourth-order valence-electron chi connectivity index (χ4n) is 1.61. The maximum absolute atomic E-state index is 5.79. The van der Waals surface area contributed by atoms with E-state index in [1.165, 1.54) is 0 Å². The second-order valence-electron chi connectivity index (χ2n) is 4.17. The minimum Gasteiger partial charge on any atom is -0.464 e. The molecule has 86 valence electrons. The first-order chi connectivity index (χ1) is 7.10. The monoisotopic (exact) mass is 210 g/mol. The highest BCUT2D eigenvalue weighted by atomic mass is 16.3. The molecule has 1 heterocycles. The molecule has 1 aromatic rings. The summed E-state index contributed by atoms with van der Waals surface area (Å²) in [6.07, 6.45) is 0.933. The molecule has 0 fully saturated rings. The van der Waals surface area contributed by atoms with E-state index in [1.54, 1.807) is 0 Å². The third kappa shape index (κ3) is 2.83. The predicted molar refractivity (Wildman–Crippen MR) is 62.8 cm³/mol. The van der Waals surface area contributed by atoms with E-state index in [-0.39, 0.29) is 6.04 Å². The van der Waals surface area contributed by atoms with E-state index in [0.29, 0.717) is 12.6 Å². The SMILES string of the molecule is CCc1ccc(C(CN)N(C)C(C)C)o1. The first-order valence-electron chi connectivity index (χ1n) is 5.60. The van der Waals surface area contributed by atoms with Gasteiger partial charge >= 0.3 is 0 Å². The number of nitrogens with two attached hydrogens (primary N) is 1. The van der Waals surface area contributed by atoms with Crippen molar-refractivity contribution in [3.05, 3.63) is 23.7 Å². The summed E-state index contributed by atoms with van der Waals surface area (Å²) >= 11 is 0. The van der Waals surface area contributed by atoms with Crippen LogP contribution in [0.5, 0.6) is 0 Å². The first kappa shape index (κ1) is 12.3. The van der Waals surface area contributed by atoms with Gasteiger partial charge in [-0.2, -0.15) is 0 Å². The normalized spacial score (nSPS) is 13.8. The highest BCUT2D eigenvalue weighted by Gasteiger charge is 2.20. The summed E-state index contributed by atoms with van der Waals surface area (Å²) in [6, 6.07) is 4.72. The van der Waals surface area contributed by atoms with E-state index in [2.05, 4.69) is 32.7 Å². The lowest BCUT2D eigenvalue weighted by Gasteiger charge is -2.28. The molecule has 0 aromatic carbocycles. The second-order valence-corrected chi connectivity index (χ2v) is 4.17. The van der Waals surface area contributed by atoms with Gasteiger partial charge in [-0.25, -0.2) is 0 Å². The molecule has 0 amide bonds. The van der Waals surface area contributed by atoms with Crippen molar-refractivity contribution in [1.82, 2.24) is 4.90 Å². The minimum atomic E-state index is 0.185. The van der Waals surface area contributed by atoms with Crippen molar-refractivity contribution in [1.29, 1.82) is 0 Å². The van der Waals surface area contributed by atoms with Crippen LogP contribution < -0.4 is 5.73 Å². The third-order valence-corrected chi connectivity index (χ3v) is 2.89. The summed E-state index contributed by atoms with van der Waals surface area (Å²) in [4.78, 5) is 2.23. The molecule has 2 N–H and O–H groups in total. The Morgan fingerprint density at radius 2 is 2.07 bits per heavy atom. The van der Waals surface area contributed by atoms with Crippen molar-refractivity contribution in [3.8, 4) is 0 Å². The van der Waals surface area contributed by atoms with Crippen LogP contribution in [0.4, 0.5) is 0 Å². The van der Waals surface area contributed by atoms with Crippen molar-refractivity contribution >= 4 is 0 Å². The highest BCUT2D eigenvalue weighted by Crippen LogP contribution is 2.22. The standard InChI is InChI=1S/C12H22N2O/c1-5-10-6-7-12(15-10)11(8-13)14(4)9(2)3/h6-7,9,11H,5,8,13H2,1-4H3. The number of nitrogens with zero attached hydrogens (tertiary/aromatic N) is 1. The van der Waals surface area contributed by atoms with E-state index in [0.717, 1.165) is 17.9 Å². The number of hydrogen-bond donors (Lipinski definition) is 1. The van der Waals surface area contributed by atoms with Crippen LogP contribution in [-0.2, 0) is 6.42 Å². The lowest BCUT2D eigenvalue weighted by atomic mass is 10.1. The molecule has 0 bridgehead atoms. The zero-order valence-corrected chi connectivity index (χ0v) is 10.2. The maximum Gasteiger partial charge on any atom is 0.122 e. The van der Waals surface area contributed by atoms with Crippen molar-refractivity contribution < 1.29 is 4.42 Å². The van der Waals surface area contributed by atoms with Crippen LogP contribution in [0.3, 0.4) is 0 Å². The van der Waals surface area contributed by atoms with Gasteiger partial charge in [-0.05, 0) is 33.0 Å². The van der Waals surface area contributed by atoms with Crippen LogP contribution >= 0.6 is 0 Å². The van der Waals surface area contributed by atoms with Crippen molar-refractivity contribution in [3.63, 3.8) is 0 Å². The van der Waals surface area contributed by atoms with Crippen molar-refractivity contribution in [2.24, 2.45) is 5.73 Å². The number of aryl methyl sites for hydroxylation is 1. The third-order valence-electron chi connectivity index (χ3n) is 2.89. The number of furan rings is 1. The van der Waals surface area contributed by atoms with Crippen LogP contribution in [0.2, 0.25) is 0 Å². The van der Waals surface area contributed by atoms with Gasteiger partial charge in [0.1, 0.15) is 11.5 Å². The highest BCUT2D eigenvalue weighted by molar-refractivity contribution is 5.11. The van der Waals surface area contributed by atoms with Gasteiger partial charge in [-0.1, -0.05) is 6.92 Å². The summed E-state index contributed by atoms with van der Waals surface area (Å²) in [5.74, 6) is 2.01. The Kier molecular flexibility index (Phi) is 4.36. The predicted octanol–water partition coefficient (Wildman–Crippen LogP) is 2.18. The van der Waals surface area contributed by atoms with Crippen LogP contribution in [0.25, 0.3) is 0 Å². The number of rotatable bonds is 5. The molecule has 1 atom stereocenters. The van der Waals surface area contributed by atoms with E-state index in [9.17, 15) is 0 Å². The largest absolute Gasteiger partial charge is 0.464 e. The number of hydrogen-bond acceptors (Lipinski definition) is 3. The second kappa shape index (κ2) is 5.33. The molecule has 1 aromatic heterocycles. The molecule has 0 aliphatic carbocycles. The van der Waals surface area contributed by atoms with Gasteiger partial charge in [0.05, 0.1) is 6.04 Å². The summed E-state index contributed by atoms with van der Waals surface area (Å²) in [7, 11) is 2.08. The van der Waals surface area contributed by atoms with Gasteiger partial charge in [-0.3, -0.25) is 4.90 Å². The van der Waals surface area contributed by atoms with Crippen LogP contribution in [0, 0.1) is 0 Å². The summed E-state index contributed by atoms with van der Waals surface area (Å²) in [5.41, 5.74) is 5.79. The first-order valence-corrected chi connectivity index (χ1v) is 5.60. The molecule has 3 heteroatoms. The van der Waals surface area contributed by atoms with Crippen LogP contribution in [-0.4, -0.2) is 24.5 Å². The molecule has 0 aliphatic heterocycles. The topological polar surface area (TPSA) is 42.4 Å². The molecule has 15 heavy (non-hydrogen) atoms. The molecule has 0 radical (unpaired) electrons. The molecule has 1 rings (SSSR count). The summed E-state index contributed by atoms with van der Waals surface area (Å²) < 4.78 is 5.74. The fourth-order valence-corrected chi connectivity index (χ4v) is 1.61. The van der Waals surface area contributed by atoms with Gasteiger partial charge in [0.25, 0.3) is 0 Å². The molecule has 0 aliphatic rings. The van der Waals surface area contributed by atoms with E-state index in [4.69, 9.17) is 10.2 Å². The Morgan fingerprint density at radius 1 is 1.40 bits per heavy atom. The molecular formula is C12H22N2O. The molecule has 0 saturated carbocycles. The zero-order valence-electron chi connectivity index (χ0n) is 10.2. The Hall–Kier alpha value is -0.800. The van der Waals surface area contributed by atoms with Gasteiger partial charge in [0.2, 0.25) is 0 Å². The smallest absolute Gasteiger partial charge is 0.122 e. The van der Waals surface area contributed by atoms with E-state index < -0.39 is 0 Å².